The molecule has 0 saturated carbocycles. The van der Waals surface area contributed by atoms with E-state index in [1.807, 2.05) is 6.07 Å². The van der Waals surface area contributed by atoms with Gasteiger partial charge >= 0.3 is 0 Å². The van der Waals surface area contributed by atoms with E-state index in [0.29, 0.717) is 10.4 Å². The first kappa shape index (κ1) is 17.9. The van der Waals surface area contributed by atoms with Crippen molar-refractivity contribution in [1.29, 1.82) is 0 Å². The largest absolute Gasteiger partial charge is 0.289 e. The zero-order valence-electron chi connectivity index (χ0n) is 14.4. The number of hydrogen-bond donors (Lipinski definition) is 1. The number of amides is 1. The molecule has 2 heterocycles. The Morgan fingerprint density at radius 1 is 1.37 bits per heavy atom. The Hall–Kier alpha value is -2.51. The molecule has 1 aromatic carbocycles. The van der Waals surface area contributed by atoms with Crippen LogP contribution in [0.4, 0.5) is 0 Å². The molecule has 4 rings (SSSR count). The van der Waals surface area contributed by atoms with Crippen molar-refractivity contribution in [3.05, 3.63) is 62.0 Å². The molecule has 0 fully saturated rings. The highest BCUT2D eigenvalue weighted by Crippen LogP contribution is 2.33. The molecular weight excluding hydrogens is 384 g/mol. The first-order chi connectivity index (χ1) is 13.1. The van der Waals surface area contributed by atoms with Crippen LogP contribution in [0.2, 0.25) is 5.02 Å². The van der Waals surface area contributed by atoms with Crippen LogP contribution < -0.4 is 11.0 Å². The van der Waals surface area contributed by atoms with Gasteiger partial charge in [-0.25, -0.2) is 10.4 Å². The van der Waals surface area contributed by atoms with E-state index < -0.39 is 0 Å². The molecule has 0 bridgehead atoms. The van der Waals surface area contributed by atoms with Crippen molar-refractivity contribution >= 4 is 45.3 Å². The zero-order valence-corrected chi connectivity index (χ0v) is 16.0. The van der Waals surface area contributed by atoms with Crippen LogP contribution in [0.3, 0.4) is 0 Å². The Kier molecular flexibility index (Phi) is 5.05. The Labute approximate surface area is 164 Å². The molecule has 1 amide bonds. The van der Waals surface area contributed by atoms with Crippen LogP contribution in [0.15, 0.2) is 40.5 Å². The fourth-order valence-electron chi connectivity index (χ4n) is 3.25. The number of fused-ring (bicyclic) bond motifs is 3. The molecular formula is C19H17ClN4O2S. The van der Waals surface area contributed by atoms with E-state index in [1.54, 1.807) is 29.5 Å². The van der Waals surface area contributed by atoms with Gasteiger partial charge in [0.05, 0.1) is 17.9 Å². The molecule has 0 atom stereocenters. The third kappa shape index (κ3) is 3.79. The van der Waals surface area contributed by atoms with Gasteiger partial charge in [0, 0.05) is 9.90 Å². The fourth-order valence-corrected chi connectivity index (χ4v) is 4.67. The van der Waals surface area contributed by atoms with Gasteiger partial charge in [0.15, 0.2) is 0 Å². The van der Waals surface area contributed by atoms with E-state index in [9.17, 15) is 9.59 Å². The second kappa shape index (κ2) is 7.62. The third-order valence-corrected chi connectivity index (χ3v) is 5.94. The Bertz CT molecular complexity index is 1100. The van der Waals surface area contributed by atoms with Crippen LogP contribution in [0.1, 0.15) is 28.8 Å². The van der Waals surface area contributed by atoms with Crippen molar-refractivity contribution in [3.63, 3.8) is 0 Å². The van der Waals surface area contributed by atoms with Crippen LogP contribution in [0.5, 0.6) is 0 Å². The summed E-state index contributed by atoms with van der Waals surface area (Å²) < 4.78 is 1.34. The number of thiophene rings is 1. The van der Waals surface area contributed by atoms with E-state index in [4.69, 9.17) is 11.6 Å². The normalized spacial score (nSPS) is 13.8. The third-order valence-electron chi connectivity index (χ3n) is 4.51. The molecule has 27 heavy (non-hydrogen) atoms. The standard InChI is InChI=1S/C19H17ClN4O2S/c20-13-5-3-4-12(8-13)9-22-23-16(25)10-24-11-21-18-17(19(24)26)14-6-1-2-7-15(14)27-18/h3-5,8-9,11H,1-2,6-7,10H2,(H,23,25)/b22-9+. The number of rotatable bonds is 4. The molecule has 1 aliphatic rings. The summed E-state index contributed by atoms with van der Waals surface area (Å²) >= 11 is 7.50. The first-order valence-electron chi connectivity index (χ1n) is 8.69. The Morgan fingerprint density at radius 2 is 2.22 bits per heavy atom. The van der Waals surface area contributed by atoms with Crippen molar-refractivity contribution in [2.75, 3.05) is 0 Å². The van der Waals surface area contributed by atoms with Gasteiger partial charge in [0.2, 0.25) is 0 Å². The summed E-state index contributed by atoms with van der Waals surface area (Å²) in [7, 11) is 0. The lowest BCUT2D eigenvalue weighted by Crippen LogP contribution is -2.30. The van der Waals surface area contributed by atoms with Gasteiger partial charge in [0.25, 0.3) is 11.5 Å². The molecule has 1 aliphatic carbocycles. The number of aryl methyl sites for hydroxylation is 2. The number of hydrazone groups is 1. The first-order valence-corrected chi connectivity index (χ1v) is 9.88. The summed E-state index contributed by atoms with van der Waals surface area (Å²) in [4.78, 5) is 31.4. The summed E-state index contributed by atoms with van der Waals surface area (Å²) in [5.74, 6) is -0.388. The SMILES string of the molecule is O=C(Cn1cnc2sc3c(c2c1=O)CCCC3)N/N=C/c1cccc(Cl)c1. The van der Waals surface area contributed by atoms with Gasteiger partial charge in [-0.3, -0.25) is 14.2 Å². The monoisotopic (exact) mass is 400 g/mol. The van der Waals surface area contributed by atoms with Gasteiger partial charge in [-0.1, -0.05) is 23.7 Å². The van der Waals surface area contributed by atoms with Crippen molar-refractivity contribution in [2.45, 2.75) is 32.2 Å². The van der Waals surface area contributed by atoms with Crippen LogP contribution >= 0.6 is 22.9 Å². The molecule has 2 aromatic heterocycles. The molecule has 138 valence electrons. The smallest absolute Gasteiger partial charge is 0.262 e. The summed E-state index contributed by atoms with van der Waals surface area (Å²) in [6, 6.07) is 7.12. The summed E-state index contributed by atoms with van der Waals surface area (Å²) in [5.41, 5.74) is 4.16. The number of carbonyl (C=O) groups excluding carboxylic acids is 1. The molecule has 0 spiro atoms. The maximum atomic E-state index is 12.8. The highest BCUT2D eigenvalue weighted by molar-refractivity contribution is 7.18. The second-order valence-electron chi connectivity index (χ2n) is 6.42. The Balaban J connectivity index is 1.50. The van der Waals surface area contributed by atoms with E-state index in [0.717, 1.165) is 41.6 Å². The lowest BCUT2D eigenvalue weighted by molar-refractivity contribution is -0.121. The lowest BCUT2D eigenvalue weighted by Gasteiger charge is -2.10. The van der Waals surface area contributed by atoms with Crippen molar-refractivity contribution in [3.8, 4) is 0 Å². The van der Waals surface area contributed by atoms with Crippen molar-refractivity contribution in [2.24, 2.45) is 5.10 Å². The zero-order chi connectivity index (χ0) is 18.8. The molecule has 0 unspecified atom stereocenters. The highest BCUT2D eigenvalue weighted by atomic mass is 35.5. The Morgan fingerprint density at radius 3 is 3.07 bits per heavy atom. The molecule has 3 aromatic rings. The minimum absolute atomic E-state index is 0.126. The number of halogens is 1. The van der Waals surface area contributed by atoms with E-state index in [-0.39, 0.29) is 18.0 Å². The maximum Gasteiger partial charge on any atom is 0.262 e. The number of nitrogens with zero attached hydrogens (tertiary/aromatic N) is 3. The molecule has 0 saturated heterocycles. The molecule has 0 radical (unpaired) electrons. The van der Waals surface area contributed by atoms with Crippen LogP contribution in [0, 0.1) is 0 Å². The van der Waals surface area contributed by atoms with Gasteiger partial charge in [0.1, 0.15) is 11.4 Å². The predicted octanol–water partition coefficient (Wildman–Crippen LogP) is 3.14. The number of nitrogens with one attached hydrogen (secondary N) is 1. The van der Waals surface area contributed by atoms with Crippen molar-refractivity contribution in [1.82, 2.24) is 15.0 Å². The van der Waals surface area contributed by atoms with Crippen LogP contribution in [-0.2, 0) is 24.2 Å². The van der Waals surface area contributed by atoms with Gasteiger partial charge < -0.3 is 0 Å². The lowest BCUT2D eigenvalue weighted by atomic mass is 9.97. The van der Waals surface area contributed by atoms with Crippen molar-refractivity contribution < 1.29 is 4.79 Å². The number of aromatic nitrogens is 2. The van der Waals surface area contributed by atoms with Crippen LogP contribution in [0.25, 0.3) is 10.2 Å². The van der Waals surface area contributed by atoms with Gasteiger partial charge in [-0.2, -0.15) is 5.10 Å². The summed E-state index contributed by atoms with van der Waals surface area (Å²) in [6.45, 7) is -0.126. The fraction of sp³-hybridized carbons (Fsp3) is 0.263. The minimum Gasteiger partial charge on any atom is -0.289 e. The van der Waals surface area contributed by atoms with Gasteiger partial charge in [-0.05, 0) is 48.9 Å². The van der Waals surface area contributed by atoms with E-state index in [2.05, 4.69) is 15.5 Å². The van der Waals surface area contributed by atoms with Crippen LogP contribution in [-0.4, -0.2) is 21.7 Å². The quantitative estimate of drug-likeness (QED) is 0.540. The van der Waals surface area contributed by atoms with E-state index in [1.165, 1.54) is 22.0 Å². The maximum absolute atomic E-state index is 12.8. The number of hydrogen-bond acceptors (Lipinski definition) is 5. The molecule has 8 heteroatoms. The number of benzene rings is 1. The predicted molar refractivity (Wildman–Crippen MR) is 108 cm³/mol. The number of carbonyl (C=O) groups is 1. The average Bonchev–Trinajstić information content (AvgIpc) is 3.03. The second-order valence-corrected chi connectivity index (χ2v) is 7.94. The minimum atomic E-state index is -0.388. The topological polar surface area (TPSA) is 76.3 Å². The molecule has 1 N–H and O–H groups in total. The highest BCUT2D eigenvalue weighted by Gasteiger charge is 2.20. The summed E-state index contributed by atoms with van der Waals surface area (Å²) in [6.07, 6.45) is 7.10. The molecule has 0 aliphatic heterocycles. The molecule has 6 nitrogen and oxygen atoms in total. The van der Waals surface area contributed by atoms with E-state index >= 15 is 0 Å². The average molecular weight is 401 g/mol. The summed E-state index contributed by atoms with van der Waals surface area (Å²) in [5, 5.41) is 5.18. The van der Waals surface area contributed by atoms with Gasteiger partial charge in [-0.15, -0.1) is 11.3 Å².